The number of pyridine rings is 1. The highest BCUT2D eigenvalue weighted by Crippen LogP contribution is 2.28. The van der Waals surface area contributed by atoms with Crippen molar-refractivity contribution in [3.05, 3.63) is 47.9 Å². The summed E-state index contributed by atoms with van der Waals surface area (Å²) in [6, 6.07) is 10.2. The number of aromatic nitrogens is 3. The number of alkyl halides is 1. The van der Waals surface area contributed by atoms with Gasteiger partial charge in [-0.1, -0.05) is 12.1 Å². The largest absolute Gasteiger partial charge is 0.376 e. The molecule has 0 fully saturated rings. The molecule has 0 bridgehead atoms. The lowest BCUT2D eigenvalue weighted by Crippen LogP contribution is -2.13. The molecule has 0 amide bonds. The van der Waals surface area contributed by atoms with Crippen molar-refractivity contribution in [2.75, 3.05) is 19.0 Å². The summed E-state index contributed by atoms with van der Waals surface area (Å²) in [4.78, 5) is 11.2. The normalized spacial score (nSPS) is 11.0. The second-order valence-electron chi connectivity index (χ2n) is 5.24. The Morgan fingerprint density at radius 1 is 1.24 bits per heavy atom. The van der Waals surface area contributed by atoms with Gasteiger partial charge in [-0.05, 0) is 30.7 Å². The molecule has 0 aliphatic heterocycles. The van der Waals surface area contributed by atoms with Crippen molar-refractivity contribution < 1.29 is 0 Å². The van der Waals surface area contributed by atoms with Gasteiger partial charge in [0.25, 0.3) is 0 Å². The highest BCUT2D eigenvalue weighted by Gasteiger charge is 2.16. The van der Waals surface area contributed by atoms with E-state index in [-0.39, 0.29) is 0 Å². The van der Waals surface area contributed by atoms with Crippen LogP contribution in [0, 0.1) is 6.92 Å². The molecule has 0 aliphatic rings. The fourth-order valence-corrected chi connectivity index (χ4v) is 2.67. The third-order valence-corrected chi connectivity index (χ3v) is 3.67. The van der Waals surface area contributed by atoms with Gasteiger partial charge in [0.05, 0.1) is 17.3 Å². The van der Waals surface area contributed by atoms with Crippen LogP contribution in [0.1, 0.15) is 11.4 Å². The highest BCUT2D eigenvalue weighted by molar-refractivity contribution is 6.17. The van der Waals surface area contributed by atoms with E-state index in [1.54, 1.807) is 0 Å². The number of hydrogen-bond donors (Lipinski definition) is 0. The van der Waals surface area contributed by atoms with Crippen LogP contribution in [0.15, 0.2) is 36.5 Å². The summed E-state index contributed by atoms with van der Waals surface area (Å²) in [5.74, 6) is 1.15. The summed E-state index contributed by atoms with van der Waals surface area (Å²) in [6.07, 6.45) is 1.86. The molecule has 0 spiro atoms. The number of fused-ring (bicyclic) bond motifs is 1. The monoisotopic (exact) mass is 300 g/mol. The van der Waals surface area contributed by atoms with Crippen LogP contribution in [0.2, 0.25) is 0 Å². The van der Waals surface area contributed by atoms with Crippen molar-refractivity contribution in [3.8, 4) is 5.69 Å². The molecule has 0 saturated carbocycles. The van der Waals surface area contributed by atoms with Crippen LogP contribution in [-0.2, 0) is 5.88 Å². The zero-order valence-corrected chi connectivity index (χ0v) is 13.1. The zero-order chi connectivity index (χ0) is 15.0. The third kappa shape index (κ3) is 2.36. The summed E-state index contributed by atoms with van der Waals surface area (Å²) < 4.78 is 2.04. The molecule has 0 N–H and O–H groups in total. The van der Waals surface area contributed by atoms with Gasteiger partial charge in [0.15, 0.2) is 5.65 Å². The Balaban J connectivity index is 2.34. The highest BCUT2D eigenvalue weighted by atomic mass is 35.5. The zero-order valence-electron chi connectivity index (χ0n) is 12.3. The second-order valence-corrected chi connectivity index (χ2v) is 5.50. The van der Waals surface area contributed by atoms with Gasteiger partial charge in [-0.3, -0.25) is 4.57 Å². The number of nitrogens with zero attached hydrogens (tertiary/aromatic N) is 4. The minimum atomic E-state index is 0.344. The molecular weight excluding hydrogens is 284 g/mol. The predicted octanol–water partition coefficient (Wildman–Crippen LogP) is 3.53. The maximum atomic E-state index is 6.10. The van der Waals surface area contributed by atoms with Gasteiger partial charge in [-0.2, -0.15) is 0 Å². The molecule has 0 saturated heterocycles. The first-order valence-electron chi connectivity index (χ1n) is 6.78. The Labute approximate surface area is 129 Å². The number of para-hydroxylation sites is 2. The van der Waals surface area contributed by atoms with Crippen LogP contribution >= 0.6 is 11.6 Å². The Kier molecular flexibility index (Phi) is 3.55. The summed E-state index contributed by atoms with van der Waals surface area (Å²) >= 11 is 6.10. The van der Waals surface area contributed by atoms with Crippen LogP contribution in [0.3, 0.4) is 0 Å². The third-order valence-electron chi connectivity index (χ3n) is 3.43. The first kappa shape index (κ1) is 13.9. The van der Waals surface area contributed by atoms with Crippen molar-refractivity contribution in [1.82, 2.24) is 14.5 Å². The Morgan fingerprint density at radius 2 is 2.00 bits per heavy atom. The average molecular weight is 301 g/mol. The van der Waals surface area contributed by atoms with Crippen LogP contribution < -0.4 is 4.90 Å². The molecular formula is C16H17ClN4. The molecule has 5 heteroatoms. The maximum Gasteiger partial charge on any atom is 0.164 e. The predicted molar refractivity (Wildman–Crippen MR) is 87.5 cm³/mol. The minimum Gasteiger partial charge on any atom is -0.376 e. The Hall–Kier alpha value is -2.07. The lowest BCUT2D eigenvalue weighted by Gasteiger charge is -2.19. The molecule has 0 radical (unpaired) electrons. The van der Waals surface area contributed by atoms with Crippen molar-refractivity contribution in [2.45, 2.75) is 12.8 Å². The average Bonchev–Trinajstić information content (AvgIpc) is 2.84. The maximum absolute atomic E-state index is 6.10. The van der Waals surface area contributed by atoms with E-state index in [9.17, 15) is 0 Å². The number of imidazole rings is 1. The number of rotatable bonds is 3. The lowest BCUT2D eigenvalue weighted by atomic mass is 10.2. The van der Waals surface area contributed by atoms with Crippen molar-refractivity contribution in [1.29, 1.82) is 0 Å². The fourth-order valence-electron chi connectivity index (χ4n) is 2.49. The van der Waals surface area contributed by atoms with Gasteiger partial charge < -0.3 is 4.90 Å². The lowest BCUT2D eigenvalue weighted by molar-refractivity contribution is 0.957. The molecule has 2 aromatic heterocycles. The molecule has 2 heterocycles. The topological polar surface area (TPSA) is 34.0 Å². The molecule has 3 aromatic rings. The van der Waals surface area contributed by atoms with Crippen molar-refractivity contribution in [2.24, 2.45) is 0 Å². The van der Waals surface area contributed by atoms with Crippen molar-refractivity contribution >= 4 is 28.5 Å². The molecule has 1 aromatic carbocycles. The van der Waals surface area contributed by atoms with Gasteiger partial charge in [0, 0.05) is 20.3 Å². The Bertz CT molecular complexity index is 792. The van der Waals surface area contributed by atoms with Crippen molar-refractivity contribution in [3.63, 3.8) is 0 Å². The molecule has 108 valence electrons. The van der Waals surface area contributed by atoms with Gasteiger partial charge >= 0.3 is 0 Å². The summed E-state index contributed by atoms with van der Waals surface area (Å²) in [6.45, 7) is 2.01. The fraction of sp³-hybridized carbons (Fsp3) is 0.250. The van der Waals surface area contributed by atoms with E-state index < -0.39 is 0 Å². The molecule has 3 rings (SSSR count). The molecule has 4 nitrogen and oxygen atoms in total. The van der Waals surface area contributed by atoms with Crippen LogP contribution in [0.4, 0.5) is 5.69 Å². The van der Waals surface area contributed by atoms with E-state index >= 15 is 0 Å². The number of halogens is 1. The van der Waals surface area contributed by atoms with Gasteiger partial charge in [-0.25, -0.2) is 9.97 Å². The van der Waals surface area contributed by atoms with E-state index in [4.69, 9.17) is 11.6 Å². The Morgan fingerprint density at radius 3 is 2.71 bits per heavy atom. The first-order chi connectivity index (χ1) is 10.1. The summed E-state index contributed by atoms with van der Waals surface area (Å²) in [7, 11) is 4.05. The van der Waals surface area contributed by atoms with Gasteiger partial charge in [0.2, 0.25) is 0 Å². The van der Waals surface area contributed by atoms with E-state index in [2.05, 4.69) is 27.0 Å². The quantitative estimate of drug-likeness (QED) is 0.694. The van der Waals surface area contributed by atoms with E-state index in [1.807, 2.05) is 50.0 Å². The smallest absolute Gasteiger partial charge is 0.164 e. The van der Waals surface area contributed by atoms with Crippen LogP contribution in [-0.4, -0.2) is 28.6 Å². The SMILES string of the molecule is Cc1cnc2c(c1)nc(CCl)n2-c1ccccc1N(C)C. The van der Waals surface area contributed by atoms with Gasteiger partial charge in [-0.15, -0.1) is 11.6 Å². The van der Waals surface area contributed by atoms with E-state index in [0.29, 0.717) is 5.88 Å². The minimum absolute atomic E-state index is 0.344. The number of benzene rings is 1. The molecule has 0 aliphatic carbocycles. The second kappa shape index (κ2) is 5.37. The standard InChI is InChI=1S/C16H17ClN4/c1-11-8-12-16(18-10-11)21(15(9-17)19-12)14-7-5-4-6-13(14)20(2)3/h4-8,10H,9H2,1-3H3. The summed E-state index contributed by atoms with van der Waals surface area (Å²) in [5.41, 5.74) is 4.95. The van der Waals surface area contributed by atoms with Crippen LogP contribution in [0.25, 0.3) is 16.9 Å². The molecule has 0 atom stereocenters. The summed E-state index contributed by atoms with van der Waals surface area (Å²) in [5, 5.41) is 0. The van der Waals surface area contributed by atoms with Crippen LogP contribution in [0.5, 0.6) is 0 Å². The van der Waals surface area contributed by atoms with Gasteiger partial charge in [0.1, 0.15) is 11.3 Å². The first-order valence-corrected chi connectivity index (χ1v) is 7.32. The number of anilines is 1. The van der Waals surface area contributed by atoms with E-state index in [1.165, 1.54) is 0 Å². The molecule has 0 unspecified atom stereocenters. The number of hydrogen-bond acceptors (Lipinski definition) is 3. The number of aryl methyl sites for hydroxylation is 1. The molecule has 21 heavy (non-hydrogen) atoms. The van der Waals surface area contributed by atoms with E-state index in [0.717, 1.165) is 33.9 Å².